The molecule has 6 nitrogen and oxygen atoms in total. The predicted molar refractivity (Wildman–Crippen MR) is 89.8 cm³/mol. The van der Waals surface area contributed by atoms with Gasteiger partial charge in [0.15, 0.2) is 10.9 Å². The van der Waals surface area contributed by atoms with Crippen LogP contribution in [-0.4, -0.2) is 26.6 Å². The third-order valence-corrected chi connectivity index (χ3v) is 4.61. The lowest BCUT2D eigenvalue weighted by atomic mass is 10.3. The van der Waals surface area contributed by atoms with Gasteiger partial charge in [0, 0.05) is 35.6 Å². The molecule has 0 saturated heterocycles. The largest absolute Gasteiger partial charge is 0.302 e. The van der Waals surface area contributed by atoms with Gasteiger partial charge in [0.05, 0.1) is 12.1 Å². The van der Waals surface area contributed by atoms with Crippen LogP contribution in [0.2, 0.25) is 0 Å². The van der Waals surface area contributed by atoms with E-state index < -0.39 is 0 Å². The summed E-state index contributed by atoms with van der Waals surface area (Å²) in [5.41, 5.74) is 1.97. The third-order valence-electron chi connectivity index (χ3n) is 2.91. The number of nitrogens with zero attached hydrogens (tertiary/aromatic N) is 3. The highest BCUT2D eigenvalue weighted by Crippen LogP contribution is 2.23. The van der Waals surface area contributed by atoms with Crippen LogP contribution in [0.5, 0.6) is 0 Å². The first-order valence-electron chi connectivity index (χ1n) is 6.73. The minimum Gasteiger partial charge on any atom is -0.302 e. The van der Waals surface area contributed by atoms with Gasteiger partial charge in [-0.25, -0.2) is 9.97 Å². The van der Waals surface area contributed by atoms with E-state index in [1.165, 1.54) is 29.6 Å². The van der Waals surface area contributed by atoms with Crippen LogP contribution in [0.3, 0.4) is 0 Å². The molecule has 0 radical (unpaired) electrons. The number of carbonyl (C=O) groups excluding carboxylic acids is 2. The van der Waals surface area contributed by atoms with E-state index in [2.05, 4.69) is 20.3 Å². The molecule has 0 saturated carbocycles. The molecule has 0 aliphatic heterocycles. The first kappa shape index (κ1) is 15.4. The fourth-order valence-corrected chi connectivity index (χ4v) is 3.41. The summed E-state index contributed by atoms with van der Waals surface area (Å²) < 4.78 is 0. The van der Waals surface area contributed by atoms with Crippen LogP contribution in [-0.2, 0) is 11.2 Å². The molecule has 116 valence electrons. The number of anilines is 1. The molecule has 3 aromatic heterocycles. The highest BCUT2D eigenvalue weighted by atomic mass is 32.1. The zero-order chi connectivity index (χ0) is 16.2. The van der Waals surface area contributed by atoms with Crippen LogP contribution >= 0.6 is 22.7 Å². The second kappa shape index (κ2) is 6.76. The fraction of sp³-hybridized carbons (Fsp3) is 0.133. The molecule has 0 aliphatic carbocycles. The summed E-state index contributed by atoms with van der Waals surface area (Å²) in [5.74, 6) is -0.333. The Hall–Kier alpha value is -2.45. The quantitative estimate of drug-likeness (QED) is 0.719. The molecule has 0 bridgehead atoms. The molecular formula is C15H12N4O2S2. The van der Waals surface area contributed by atoms with E-state index in [0.29, 0.717) is 16.5 Å². The molecule has 8 heteroatoms. The van der Waals surface area contributed by atoms with Crippen LogP contribution in [0.25, 0.3) is 10.6 Å². The number of carbonyl (C=O) groups is 2. The Labute approximate surface area is 140 Å². The average Bonchev–Trinajstić information content (AvgIpc) is 3.18. The maximum atomic E-state index is 12.0. The van der Waals surface area contributed by atoms with Crippen LogP contribution < -0.4 is 5.32 Å². The molecule has 3 aromatic rings. The minimum atomic E-state index is -0.211. The molecule has 1 amide bonds. The summed E-state index contributed by atoms with van der Waals surface area (Å²) >= 11 is 2.70. The first-order valence-corrected chi connectivity index (χ1v) is 8.49. The summed E-state index contributed by atoms with van der Waals surface area (Å²) in [6.45, 7) is 1.44. The molecule has 0 atom stereocenters. The van der Waals surface area contributed by atoms with Crippen molar-refractivity contribution in [1.82, 2.24) is 15.0 Å². The molecule has 3 rings (SSSR count). The van der Waals surface area contributed by atoms with Crippen molar-refractivity contribution in [2.45, 2.75) is 13.3 Å². The second-order valence-electron chi connectivity index (χ2n) is 4.70. The standard InChI is InChI=1S/C15H12N4O2S2/c1-9(20)12-8-23-15(18-12)19-13(21)5-11-7-22-14(17-11)10-3-2-4-16-6-10/h2-4,6-8H,5H2,1H3,(H,18,19,21). The average molecular weight is 344 g/mol. The number of pyridine rings is 1. The second-order valence-corrected chi connectivity index (χ2v) is 6.42. The lowest BCUT2D eigenvalue weighted by Gasteiger charge is -1.99. The van der Waals surface area contributed by atoms with E-state index in [0.717, 1.165) is 10.6 Å². The van der Waals surface area contributed by atoms with Crippen molar-refractivity contribution in [2.75, 3.05) is 5.32 Å². The predicted octanol–water partition coefficient (Wildman–Crippen LogP) is 3.05. The zero-order valence-corrected chi connectivity index (χ0v) is 13.8. The Balaban J connectivity index is 1.64. The fourth-order valence-electron chi connectivity index (χ4n) is 1.83. The first-order chi connectivity index (χ1) is 11.1. The van der Waals surface area contributed by atoms with Crippen molar-refractivity contribution in [3.8, 4) is 10.6 Å². The number of hydrogen-bond acceptors (Lipinski definition) is 7. The number of nitrogens with one attached hydrogen (secondary N) is 1. The van der Waals surface area contributed by atoms with Gasteiger partial charge in [0.1, 0.15) is 10.7 Å². The Morgan fingerprint density at radius 2 is 2.09 bits per heavy atom. The summed E-state index contributed by atoms with van der Waals surface area (Å²) in [6, 6.07) is 3.77. The normalized spacial score (nSPS) is 10.5. The van der Waals surface area contributed by atoms with E-state index in [9.17, 15) is 9.59 Å². The van der Waals surface area contributed by atoms with E-state index in [1.54, 1.807) is 17.8 Å². The summed E-state index contributed by atoms with van der Waals surface area (Å²) in [6.07, 6.45) is 3.60. The molecule has 0 unspecified atom stereocenters. The van der Waals surface area contributed by atoms with E-state index >= 15 is 0 Å². The van der Waals surface area contributed by atoms with Gasteiger partial charge < -0.3 is 5.32 Å². The summed E-state index contributed by atoms with van der Waals surface area (Å²) in [4.78, 5) is 35.8. The summed E-state index contributed by atoms with van der Waals surface area (Å²) in [5, 5.41) is 7.41. The van der Waals surface area contributed by atoms with Crippen molar-refractivity contribution in [2.24, 2.45) is 0 Å². The van der Waals surface area contributed by atoms with Gasteiger partial charge in [-0.05, 0) is 12.1 Å². The van der Waals surface area contributed by atoms with E-state index in [1.807, 2.05) is 17.5 Å². The lowest BCUT2D eigenvalue weighted by molar-refractivity contribution is -0.115. The smallest absolute Gasteiger partial charge is 0.232 e. The topological polar surface area (TPSA) is 84.8 Å². The molecule has 0 aromatic carbocycles. The summed E-state index contributed by atoms with van der Waals surface area (Å²) in [7, 11) is 0. The van der Waals surface area contributed by atoms with Gasteiger partial charge in [-0.3, -0.25) is 14.6 Å². The highest BCUT2D eigenvalue weighted by Gasteiger charge is 2.12. The van der Waals surface area contributed by atoms with Gasteiger partial charge in [-0.2, -0.15) is 0 Å². The number of thiazole rings is 2. The van der Waals surface area contributed by atoms with Gasteiger partial charge in [0.2, 0.25) is 5.91 Å². The maximum Gasteiger partial charge on any atom is 0.232 e. The lowest BCUT2D eigenvalue weighted by Crippen LogP contribution is -2.14. The Morgan fingerprint density at radius 1 is 1.22 bits per heavy atom. The van der Waals surface area contributed by atoms with Crippen molar-refractivity contribution < 1.29 is 9.59 Å². The number of ketones is 1. The van der Waals surface area contributed by atoms with Crippen molar-refractivity contribution in [3.05, 3.63) is 46.7 Å². The van der Waals surface area contributed by atoms with Crippen LogP contribution in [0, 0.1) is 0 Å². The van der Waals surface area contributed by atoms with Gasteiger partial charge >= 0.3 is 0 Å². The number of rotatable bonds is 5. The Kier molecular flexibility index (Phi) is 4.54. The van der Waals surface area contributed by atoms with Crippen molar-refractivity contribution in [1.29, 1.82) is 0 Å². The zero-order valence-electron chi connectivity index (χ0n) is 12.1. The molecule has 0 aliphatic rings. The number of Topliss-reactive ketones (excluding diaryl/α,β-unsaturated/α-hetero) is 1. The molecular weight excluding hydrogens is 332 g/mol. The molecule has 1 N–H and O–H groups in total. The SMILES string of the molecule is CC(=O)c1csc(NC(=O)Cc2csc(-c3cccnc3)n2)n1. The Morgan fingerprint density at radius 3 is 2.78 bits per heavy atom. The molecule has 23 heavy (non-hydrogen) atoms. The van der Waals surface area contributed by atoms with Crippen LogP contribution in [0.15, 0.2) is 35.3 Å². The third kappa shape index (κ3) is 3.85. The minimum absolute atomic E-state index is 0.123. The van der Waals surface area contributed by atoms with E-state index in [4.69, 9.17) is 0 Å². The molecule has 0 spiro atoms. The Bertz CT molecular complexity index is 842. The maximum absolute atomic E-state index is 12.0. The number of amides is 1. The van der Waals surface area contributed by atoms with Crippen molar-refractivity contribution in [3.63, 3.8) is 0 Å². The van der Waals surface area contributed by atoms with E-state index in [-0.39, 0.29) is 18.1 Å². The molecule has 0 fully saturated rings. The number of aromatic nitrogens is 3. The van der Waals surface area contributed by atoms with Gasteiger partial charge in [0.25, 0.3) is 0 Å². The van der Waals surface area contributed by atoms with Gasteiger partial charge in [-0.15, -0.1) is 22.7 Å². The van der Waals surface area contributed by atoms with Crippen molar-refractivity contribution >= 4 is 39.5 Å². The van der Waals surface area contributed by atoms with Gasteiger partial charge in [-0.1, -0.05) is 0 Å². The highest BCUT2D eigenvalue weighted by molar-refractivity contribution is 7.14. The van der Waals surface area contributed by atoms with Crippen LogP contribution in [0.1, 0.15) is 23.1 Å². The monoisotopic (exact) mass is 344 g/mol. The number of hydrogen-bond donors (Lipinski definition) is 1. The molecule has 3 heterocycles. The van der Waals surface area contributed by atoms with Crippen LogP contribution in [0.4, 0.5) is 5.13 Å².